The number of ketones is 1. The van der Waals surface area contributed by atoms with Crippen molar-refractivity contribution in [2.45, 2.75) is 25.7 Å². The van der Waals surface area contributed by atoms with Gasteiger partial charge >= 0.3 is 0 Å². The van der Waals surface area contributed by atoms with Crippen LogP contribution in [0.3, 0.4) is 0 Å². The molecule has 0 unspecified atom stereocenters. The fourth-order valence-corrected chi connectivity index (χ4v) is 1.65. The first kappa shape index (κ1) is 9.46. The van der Waals surface area contributed by atoms with Crippen molar-refractivity contribution in [3.63, 3.8) is 0 Å². The van der Waals surface area contributed by atoms with Gasteiger partial charge in [-0.25, -0.2) is 0 Å². The van der Waals surface area contributed by atoms with Crippen molar-refractivity contribution < 1.29 is 4.79 Å². The van der Waals surface area contributed by atoms with E-state index in [1.165, 1.54) is 0 Å². The van der Waals surface area contributed by atoms with E-state index in [9.17, 15) is 4.79 Å². The number of rotatable bonds is 4. The van der Waals surface area contributed by atoms with Crippen molar-refractivity contribution in [2.75, 3.05) is 13.1 Å². The molecule has 0 radical (unpaired) electrons. The Morgan fingerprint density at radius 1 is 1.50 bits per heavy atom. The molecule has 1 aliphatic rings. The maximum Gasteiger partial charge on any atom is 0.136 e. The molecule has 1 rings (SSSR count). The van der Waals surface area contributed by atoms with E-state index in [-0.39, 0.29) is 0 Å². The number of nitrogens with one attached hydrogen (secondary N) is 1. The van der Waals surface area contributed by atoms with Crippen LogP contribution < -0.4 is 5.32 Å². The van der Waals surface area contributed by atoms with Crippen molar-refractivity contribution in [1.82, 2.24) is 5.32 Å². The van der Waals surface area contributed by atoms with E-state index in [2.05, 4.69) is 11.9 Å². The summed E-state index contributed by atoms with van der Waals surface area (Å²) in [6.45, 7) is 5.71. The molecule has 1 heterocycles. The van der Waals surface area contributed by atoms with Gasteiger partial charge in [0.2, 0.25) is 0 Å². The minimum atomic E-state index is 0.344. The Balaban J connectivity index is 2.19. The molecular weight excluding hydrogens is 150 g/mol. The number of piperidine rings is 1. The lowest BCUT2D eigenvalue weighted by atomic mass is 9.92. The van der Waals surface area contributed by atoms with Crippen molar-refractivity contribution in [2.24, 2.45) is 5.92 Å². The van der Waals surface area contributed by atoms with E-state index in [1.807, 2.05) is 0 Å². The Labute approximate surface area is 74.0 Å². The Kier molecular flexibility index (Phi) is 4.01. The van der Waals surface area contributed by atoms with Crippen LogP contribution in [0.4, 0.5) is 0 Å². The maximum atomic E-state index is 11.2. The molecular formula is C10H17NO. The number of hydrogen-bond acceptors (Lipinski definition) is 2. The summed E-state index contributed by atoms with van der Waals surface area (Å²) in [6.07, 6.45) is 5.31. The second kappa shape index (κ2) is 5.09. The molecule has 0 aromatic carbocycles. The molecule has 1 saturated heterocycles. The van der Waals surface area contributed by atoms with Crippen LogP contribution in [0.25, 0.3) is 0 Å². The van der Waals surface area contributed by atoms with Gasteiger partial charge in [0.1, 0.15) is 5.78 Å². The Morgan fingerprint density at radius 2 is 2.17 bits per heavy atom. The van der Waals surface area contributed by atoms with Crippen LogP contribution in [0.1, 0.15) is 25.7 Å². The third kappa shape index (κ3) is 3.18. The minimum Gasteiger partial charge on any atom is -0.317 e. The van der Waals surface area contributed by atoms with Gasteiger partial charge in [0.15, 0.2) is 0 Å². The van der Waals surface area contributed by atoms with Crippen LogP contribution in [-0.4, -0.2) is 18.9 Å². The SMILES string of the molecule is C=CCC(=O)CC1CCNCC1. The summed E-state index contributed by atoms with van der Waals surface area (Å²) in [5, 5.41) is 3.29. The van der Waals surface area contributed by atoms with Crippen LogP contribution in [0, 0.1) is 5.92 Å². The fourth-order valence-electron chi connectivity index (χ4n) is 1.65. The monoisotopic (exact) mass is 167 g/mol. The molecule has 1 fully saturated rings. The number of carbonyl (C=O) groups excluding carboxylic acids is 1. The molecule has 68 valence electrons. The Morgan fingerprint density at radius 3 is 2.75 bits per heavy atom. The molecule has 0 aliphatic carbocycles. The van der Waals surface area contributed by atoms with Gasteiger partial charge in [-0.2, -0.15) is 0 Å². The van der Waals surface area contributed by atoms with Crippen molar-refractivity contribution >= 4 is 5.78 Å². The van der Waals surface area contributed by atoms with Crippen molar-refractivity contribution in [3.8, 4) is 0 Å². The van der Waals surface area contributed by atoms with Crippen LogP contribution in [0.5, 0.6) is 0 Å². The molecule has 0 saturated carbocycles. The molecule has 0 aromatic heterocycles. The van der Waals surface area contributed by atoms with Crippen LogP contribution in [-0.2, 0) is 4.79 Å². The first-order valence-electron chi connectivity index (χ1n) is 4.66. The predicted molar refractivity (Wildman–Crippen MR) is 50.0 cm³/mol. The molecule has 0 amide bonds. The van der Waals surface area contributed by atoms with Gasteiger partial charge in [0.25, 0.3) is 0 Å². The number of hydrogen-bond donors (Lipinski definition) is 1. The van der Waals surface area contributed by atoms with Gasteiger partial charge in [-0.05, 0) is 31.8 Å². The summed E-state index contributed by atoms with van der Waals surface area (Å²) in [5.41, 5.74) is 0. The predicted octanol–water partition coefficient (Wildman–Crippen LogP) is 1.52. The van der Waals surface area contributed by atoms with E-state index < -0.39 is 0 Å². The highest BCUT2D eigenvalue weighted by Crippen LogP contribution is 2.16. The molecule has 1 aliphatic heterocycles. The highest BCUT2D eigenvalue weighted by atomic mass is 16.1. The average molecular weight is 167 g/mol. The topological polar surface area (TPSA) is 29.1 Å². The number of allylic oxidation sites excluding steroid dienone is 1. The molecule has 0 aromatic rings. The summed E-state index contributed by atoms with van der Waals surface area (Å²) < 4.78 is 0. The van der Waals surface area contributed by atoms with Crippen molar-refractivity contribution in [1.29, 1.82) is 0 Å². The third-order valence-corrected chi connectivity index (χ3v) is 2.35. The van der Waals surface area contributed by atoms with E-state index >= 15 is 0 Å². The lowest BCUT2D eigenvalue weighted by molar-refractivity contribution is -0.119. The minimum absolute atomic E-state index is 0.344. The summed E-state index contributed by atoms with van der Waals surface area (Å²) in [7, 11) is 0. The summed E-state index contributed by atoms with van der Waals surface area (Å²) >= 11 is 0. The second-order valence-corrected chi connectivity index (χ2v) is 3.43. The standard InChI is InChI=1S/C10H17NO/c1-2-3-10(12)8-9-4-6-11-7-5-9/h2,9,11H,1,3-8H2. The van der Waals surface area contributed by atoms with Gasteiger partial charge in [0, 0.05) is 12.8 Å². The van der Waals surface area contributed by atoms with E-state index in [0.29, 0.717) is 18.1 Å². The summed E-state index contributed by atoms with van der Waals surface area (Å²) in [5.74, 6) is 0.968. The fraction of sp³-hybridized carbons (Fsp3) is 0.700. The van der Waals surface area contributed by atoms with E-state index in [4.69, 9.17) is 0 Å². The highest BCUT2D eigenvalue weighted by molar-refractivity contribution is 5.79. The molecule has 2 heteroatoms. The Hall–Kier alpha value is -0.630. The lowest BCUT2D eigenvalue weighted by Gasteiger charge is -2.21. The summed E-state index contributed by atoms with van der Waals surface area (Å²) in [4.78, 5) is 11.2. The number of carbonyl (C=O) groups is 1. The first-order chi connectivity index (χ1) is 5.83. The van der Waals surface area contributed by atoms with E-state index in [0.717, 1.165) is 32.4 Å². The third-order valence-electron chi connectivity index (χ3n) is 2.35. The van der Waals surface area contributed by atoms with Crippen molar-refractivity contribution in [3.05, 3.63) is 12.7 Å². The van der Waals surface area contributed by atoms with Crippen LogP contribution >= 0.6 is 0 Å². The number of Topliss-reactive ketones (excluding diaryl/α,β-unsaturated/α-hetero) is 1. The average Bonchev–Trinajstić information content (AvgIpc) is 2.06. The van der Waals surface area contributed by atoms with Gasteiger partial charge < -0.3 is 5.32 Å². The van der Waals surface area contributed by atoms with Crippen LogP contribution in [0.15, 0.2) is 12.7 Å². The normalized spacial score (nSPS) is 19.0. The van der Waals surface area contributed by atoms with Crippen LogP contribution in [0.2, 0.25) is 0 Å². The largest absolute Gasteiger partial charge is 0.317 e. The molecule has 0 bridgehead atoms. The highest BCUT2D eigenvalue weighted by Gasteiger charge is 2.15. The zero-order valence-corrected chi connectivity index (χ0v) is 7.51. The quantitative estimate of drug-likeness (QED) is 0.643. The summed E-state index contributed by atoms with van der Waals surface area (Å²) in [6, 6.07) is 0. The smallest absolute Gasteiger partial charge is 0.136 e. The molecule has 1 N–H and O–H groups in total. The lowest BCUT2D eigenvalue weighted by Crippen LogP contribution is -2.28. The van der Waals surface area contributed by atoms with Gasteiger partial charge in [-0.3, -0.25) is 4.79 Å². The molecule has 0 atom stereocenters. The second-order valence-electron chi connectivity index (χ2n) is 3.43. The maximum absolute atomic E-state index is 11.2. The zero-order chi connectivity index (χ0) is 8.81. The first-order valence-corrected chi connectivity index (χ1v) is 4.66. The Bertz CT molecular complexity index is 159. The van der Waals surface area contributed by atoms with Gasteiger partial charge in [0.05, 0.1) is 0 Å². The van der Waals surface area contributed by atoms with Gasteiger partial charge in [-0.1, -0.05) is 6.08 Å². The molecule has 0 spiro atoms. The zero-order valence-electron chi connectivity index (χ0n) is 7.51. The van der Waals surface area contributed by atoms with Gasteiger partial charge in [-0.15, -0.1) is 6.58 Å². The molecule has 12 heavy (non-hydrogen) atoms. The van der Waals surface area contributed by atoms with E-state index in [1.54, 1.807) is 6.08 Å². The molecule has 2 nitrogen and oxygen atoms in total.